The summed E-state index contributed by atoms with van der Waals surface area (Å²) in [4.78, 5) is 21.2. The molecule has 0 atom stereocenters. The summed E-state index contributed by atoms with van der Waals surface area (Å²) in [5.74, 6) is 1.15. The van der Waals surface area contributed by atoms with Crippen LogP contribution in [0.1, 0.15) is 5.82 Å². The molecule has 5 heterocycles. The predicted octanol–water partition coefficient (Wildman–Crippen LogP) is 4.41. The van der Waals surface area contributed by atoms with Crippen molar-refractivity contribution in [3.63, 3.8) is 0 Å². The highest BCUT2D eigenvalue weighted by atomic mass is 19.1. The summed E-state index contributed by atoms with van der Waals surface area (Å²) in [6.07, 6.45) is 6.85. The zero-order valence-electron chi connectivity index (χ0n) is 17.3. The number of aromatic nitrogens is 8. The first kappa shape index (κ1) is 18.4. The molecule has 0 amide bonds. The molecule has 8 nitrogen and oxygen atoms in total. The quantitative estimate of drug-likeness (QED) is 0.438. The third kappa shape index (κ3) is 2.71. The molecule has 1 aromatic carbocycles. The lowest BCUT2D eigenvalue weighted by Crippen LogP contribution is -1.95. The van der Waals surface area contributed by atoms with Crippen molar-refractivity contribution in [1.29, 1.82) is 0 Å². The summed E-state index contributed by atoms with van der Waals surface area (Å²) in [5, 5.41) is 8.35. The second kappa shape index (κ2) is 6.81. The Morgan fingerprint density at radius 3 is 2.66 bits per heavy atom. The van der Waals surface area contributed by atoms with Gasteiger partial charge in [-0.1, -0.05) is 18.2 Å². The zero-order chi connectivity index (χ0) is 21.8. The van der Waals surface area contributed by atoms with E-state index in [9.17, 15) is 4.39 Å². The number of pyridine rings is 2. The number of halogens is 1. The normalized spacial score (nSPS) is 11.6. The van der Waals surface area contributed by atoms with Gasteiger partial charge in [-0.05, 0) is 19.1 Å². The van der Waals surface area contributed by atoms with E-state index < -0.39 is 0 Å². The Morgan fingerprint density at radius 1 is 0.969 bits per heavy atom. The minimum Gasteiger partial charge on any atom is -0.335 e. The Hall–Kier alpha value is -4.40. The van der Waals surface area contributed by atoms with E-state index in [0.29, 0.717) is 33.7 Å². The number of imidazole rings is 2. The predicted molar refractivity (Wildman–Crippen MR) is 119 cm³/mol. The molecule has 0 aliphatic rings. The molecule has 6 aromatic rings. The maximum atomic E-state index is 14.4. The molecule has 0 saturated heterocycles. The van der Waals surface area contributed by atoms with Gasteiger partial charge >= 0.3 is 0 Å². The van der Waals surface area contributed by atoms with Gasteiger partial charge in [-0.15, -0.1) is 0 Å². The number of hydrogen-bond donors (Lipinski definition) is 2. The molecule has 0 aliphatic carbocycles. The van der Waals surface area contributed by atoms with E-state index in [2.05, 4.69) is 30.1 Å². The van der Waals surface area contributed by atoms with E-state index in [1.165, 1.54) is 6.07 Å². The van der Waals surface area contributed by atoms with Crippen molar-refractivity contribution < 1.29 is 4.39 Å². The van der Waals surface area contributed by atoms with Crippen molar-refractivity contribution in [2.45, 2.75) is 6.92 Å². The molecule has 156 valence electrons. The maximum Gasteiger partial charge on any atom is 0.159 e. The van der Waals surface area contributed by atoms with Crippen LogP contribution in [-0.2, 0) is 7.05 Å². The molecule has 0 radical (unpaired) electrons. The Kier molecular flexibility index (Phi) is 3.91. The summed E-state index contributed by atoms with van der Waals surface area (Å²) in [6, 6.07) is 8.57. The molecule has 5 aromatic heterocycles. The first-order chi connectivity index (χ1) is 15.6. The molecule has 0 aliphatic heterocycles. The van der Waals surface area contributed by atoms with Gasteiger partial charge in [-0.2, -0.15) is 5.10 Å². The lowest BCUT2D eigenvalue weighted by atomic mass is 10.1. The van der Waals surface area contributed by atoms with Crippen LogP contribution in [0.5, 0.6) is 0 Å². The molecule has 2 N–H and O–H groups in total. The van der Waals surface area contributed by atoms with Gasteiger partial charge in [0, 0.05) is 29.8 Å². The fraction of sp³-hybridized carbons (Fsp3) is 0.0870. The van der Waals surface area contributed by atoms with Crippen LogP contribution in [0.3, 0.4) is 0 Å². The van der Waals surface area contributed by atoms with Crippen molar-refractivity contribution in [3.05, 3.63) is 66.8 Å². The summed E-state index contributed by atoms with van der Waals surface area (Å²) in [5.41, 5.74) is 5.54. The first-order valence-corrected chi connectivity index (χ1v) is 10.0. The van der Waals surface area contributed by atoms with Crippen LogP contribution < -0.4 is 0 Å². The highest BCUT2D eigenvalue weighted by Crippen LogP contribution is 2.32. The highest BCUT2D eigenvalue weighted by Gasteiger charge is 2.18. The second-order valence-corrected chi connectivity index (χ2v) is 7.59. The lowest BCUT2D eigenvalue weighted by molar-refractivity contribution is 0.631. The standard InChI is InChI=1S/C23H17FN8/c1-12-26-11-20(32(12)2)17-7-14-18(10-27-17)30-31-22(14)23-28-19-9-25-8-15(21(19)29-23)13-5-3-4-6-16(13)24/h3-11H,1-2H3,(H,28,29)(H,30,31). The monoisotopic (exact) mass is 424 g/mol. The third-order valence-electron chi connectivity index (χ3n) is 5.71. The maximum absolute atomic E-state index is 14.4. The Labute approximate surface area is 181 Å². The summed E-state index contributed by atoms with van der Waals surface area (Å²) < 4.78 is 16.4. The number of hydrogen-bond acceptors (Lipinski definition) is 5. The number of H-pyrrole nitrogens is 2. The number of rotatable bonds is 3. The van der Waals surface area contributed by atoms with E-state index in [1.807, 2.05) is 24.6 Å². The van der Waals surface area contributed by atoms with Gasteiger partial charge in [-0.25, -0.2) is 14.4 Å². The van der Waals surface area contributed by atoms with E-state index in [1.54, 1.807) is 43.0 Å². The summed E-state index contributed by atoms with van der Waals surface area (Å²) in [6.45, 7) is 1.95. The van der Waals surface area contributed by atoms with Crippen LogP contribution in [0.4, 0.5) is 4.39 Å². The minimum atomic E-state index is -0.321. The summed E-state index contributed by atoms with van der Waals surface area (Å²) in [7, 11) is 1.95. The number of nitrogens with zero attached hydrogens (tertiary/aromatic N) is 6. The SMILES string of the molecule is Cc1ncc(-c2cc3c(-c4nc5c(-c6ccccc6F)cncc5[nH]4)n[nH]c3cn2)n1C. The van der Waals surface area contributed by atoms with Crippen molar-refractivity contribution in [3.8, 4) is 34.0 Å². The lowest BCUT2D eigenvalue weighted by Gasteiger charge is -2.03. The first-order valence-electron chi connectivity index (χ1n) is 10.0. The number of benzene rings is 1. The minimum absolute atomic E-state index is 0.321. The van der Waals surface area contributed by atoms with E-state index in [-0.39, 0.29) is 5.82 Å². The van der Waals surface area contributed by atoms with Crippen molar-refractivity contribution >= 4 is 21.9 Å². The van der Waals surface area contributed by atoms with E-state index >= 15 is 0 Å². The average molecular weight is 424 g/mol. The molecular weight excluding hydrogens is 407 g/mol. The fourth-order valence-corrected chi connectivity index (χ4v) is 3.90. The van der Waals surface area contributed by atoms with Crippen LogP contribution in [0, 0.1) is 12.7 Å². The Bertz CT molecular complexity index is 1620. The summed E-state index contributed by atoms with van der Waals surface area (Å²) >= 11 is 0. The van der Waals surface area contributed by atoms with Gasteiger partial charge < -0.3 is 9.55 Å². The molecule has 0 spiro atoms. The van der Waals surface area contributed by atoms with E-state index in [4.69, 9.17) is 4.98 Å². The largest absolute Gasteiger partial charge is 0.335 e. The topological polar surface area (TPSA) is 101 Å². The number of fused-ring (bicyclic) bond motifs is 2. The Morgan fingerprint density at radius 2 is 1.84 bits per heavy atom. The van der Waals surface area contributed by atoms with Crippen LogP contribution in [0.15, 0.2) is 55.1 Å². The fourth-order valence-electron chi connectivity index (χ4n) is 3.90. The van der Waals surface area contributed by atoms with Crippen LogP contribution in [0.2, 0.25) is 0 Å². The van der Waals surface area contributed by atoms with Crippen LogP contribution in [-0.4, -0.2) is 39.7 Å². The molecule has 0 unspecified atom stereocenters. The van der Waals surface area contributed by atoms with Crippen molar-refractivity contribution in [1.82, 2.24) is 39.7 Å². The molecule has 32 heavy (non-hydrogen) atoms. The average Bonchev–Trinajstić information content (AvgIpc) is 3.50. The van der Waals surface area contributed by atoms with E-state index in [0.717, 1.165) is 28.1 Å². The third-order valence-corrected chi connectivity index (χ3v) is 5.71. The number of nitrogens with one attached hydrogen (secondary N) is 2. The molecule has 0 fully saturated rings. The van der Waals surface area contributed by atoms with Gasteiger partial charge in [0.1, 0.15) is 22.9 Å². The van der Waals surface area contributed by atoms with Crippen LogP contribution in [0.25, 0.3) is 56.0 Å². The molecule has 9 heteroatoms. The van der Waals surface area contributed by atoms with Gasteiger partial charge in [-0.3, -0.25) is 15.1 Å². The molecule has 0 bridgehead atoms. The second-order valence-electron chi connectivity index (χ2n) is 7.59. The molecule has 6 rings (SSSR count). The number of aromatic amines is 2. The molecule has 0 saturated carbocycles. The molecular formula is C23H17FN8. The van der Waals surface area contributed by atoms with Gasteiger partial charge in [0.15, 0.2) is 5.82 Å². The van der Waals surface area contributed by atoms with Crippen molar-refractivity contribution in [2.75, 3.05) is 0 Å². The van der Waals surface area contributed by atoms with Gasteiger partial charge in [0.2, 0.25) is 0 Å². The Balaban J connectivity index is 1.53. The van der Waals surface area contributed by atoms with Crippen molar-refractivity contribution in [2.24, 2.45) is 7.05 Å². The van der Waals surface area contributed by atoms with Gasteiger partial charge in [0.25, 0.3) is 0 Å². The zero-order valence-corrected chi connectivity index (χ0v) is 17.3. The highest BCUT2D eigenvalue weighted by molar-refractivity contribution is 5.97. The smallest absolute Gasteiger partial charge is 0.159 e. The number of aryl methyl sites for hydroxylation is 1. The van der Waals surface area contributed by atoms with Crippen LogP contribution >= 0.6 is 0 Å². The van der Waals surface area contributed by atoms with Gasteiger partial charge in [0.05, 0.1) is 41.0 Å².